The first-order chi connectivity index (χ1) is 14.2. The lowest BCUT2D eigenvalue weighted by Crippen LogP contribution is -2.50. The van der Waals surface area contributed by atoms with Crippen molar-refractivity contribution in [2.45, 2.75) is 118 Å². The predicted octanol–water partition coefficient (Wildman–Crippen LogP) is 8.02. The fraction of sp³-hybridized carbons (Fsp3) is 0.931. The summed E-state index contributed by atoms with van der Waals surface area (Å²) in [5, 5.41) is 10.2. The fourth-order valence-electron chi connectivity index (χ4n) is 8.91. The van der Waals surface area contributed by atoms with Crippen molar-refractivity contribution in [1.29, 1.82) is 0 Å². The van der Waals surface area contributed by atoms with E-state index in [1.165, 1.54) is 57.8 Å². The lowest BCUT2D eigenvalue weighted by molar-refractivity contribution is -0.0573. The van der Waals surface area contributed by atoms with Crippen molar-refractivity contribution in [3.63, 3.8) is 0 Å². The lowest BCUT2D eigenvalue weighted by Gasteiger charge is -2.58. The van der Waals surface area contributed by atoms with Gasteiger partial charge in [-0.1, -0.05) is 72.5 Å². The topological polar surface area (TPSA) is 20.2 Å². The lowest BCUT2D eigenvalue weighted by atomic mass is 9.47. The molecule has 0 bridgehead atoms. The van der Waals surface area contributed by atoms with Crippen molar-refractivity contribution in [2.75, 3.05) is 0 Å². The molecule has 0 aromatic heterocycles. The maximum atomic E-state index is 10.2. The molecule has 0 radical (unpaired) electrons. The molecule has 30 heavy (non-hydrogen) atoms. The average Bonchev–Trinajstić information content (AvgIpc) is 3.05. The molecule has 1 unspecified atom stereocenters. The summed E-state index contributed by atoms with van der Waals surface area (Å²) in [7, 11) is 0. The molecule has 3 fully saturated rings. The van der Waals surface area contributed by atoms with E-state index in [1.54, 1.807) is 5.57 Å². The zero-order valence-corrected chi connectivity index (χ0v) is 20.9. The van der Waals surface area contributed by atoms with Crippen LogP contribution in [0, 0.1) is 52.3 Å². The Bertz CT molecular complexity index is 634. The molecule has 1 N–H and O–H groups in total. The van der Waals surface area contributed by atoms with Crippen LogP contribution in [0.5, 0.6) is 0 Å². The Balaban J connectivity index is 1.44. The minimum Gasteiger partial charge on any atom is -0.393 e. The minimum atomic E-state index is -0.0788. The van der Waals surface area contributed by atoms with Crippen LogP contribution in [0.1, 0.15) is 112 Å². The van der Waals surface area contributed by atoms with Crippen molar-refractivity contribution >= 4 is 0 Å². The van der Waals surface area contributed by atoms with E-state index in [4.69, 9.17) is 0 Å². The van der Waals surface area contributed by atoms with Gasteiger partial charge in [0.1, 0.15) is 0 Å². The number of hydrogen-bond donors (Lipinski definition) is 1. The summed E-state index contributed by atoms with van der Waals surface area (Å²) in [4.78, 5) is 0. The Morgan fingerprint density at radius 2 is 1.73 bits per heavy atom. The molecule has 0 aliphatic heterocycles. The molecule has 0 aromatic carbocycles. The van der Waals surface area contributed by atoms with Crippen LogP contribution in [0.25, 0.3) is 0 Å². The molecule has 172 valence electrons. The minimum absolute atomic E-state index is 0.0788. The molecule has 1 heteroatoms. The zero-order valence-electron chi connectivity index (χ0n) is 20.9. The van der Waals surface area contributed by atoms with E-state index < -0.39 is 0 Å². The van der Waals surface area contributed by atoms with Crippen molar-refractivity contribution < 1.29 is 5.11 Å². The van der Waals surface area contributed by atoms with Gasteiger partial charge >= 0.3 is 0 Å². The molecule has 3 saturated carbocycles. The summed E-state index contributed by atoms with van der Waals surface area (Å²) in [6, 6.07) is 0. The first-order valence-corrected chi connectivity index (χ1v) is 13.5. The van der Waals surface area contributed by atoms with Crippen LogP contribution in [0.4, 0.5) is 0 Å². The molecule has 0 aromatic rings. The Morgan fingerprint density at radius 1 is 0.967 bits per heavy atom. The Kier molecular flexibility index (Phi) is 6.53. The van der Waals surface area contributed by atoms with Gasteiger partial charge in [-0.15, -0.1) is 0 Å². The van der Waals surface area contributed by atoms with Crippen LogP contribution in [-0.2, 0) is 0 Å². The molecule has 9 atom stereocenters. The van der Waals surface area contributed by atoms with Crippen LogP contribution in [0.3, 0.4) is 0 Å². The summed E-state index contributed by atoms with van der Waals surface area (Å²) >= 11 is 0. The average molecular weight is 415 g/mol. The molecule has 0 spiro atoms. The number of rotatable bonds is 6. The Hall–Kier alpha value is -0.300. The van der Waals surface area contributed by atoms with Crippen molar-refractivity contribution in [1.82, 2.24) is 0 Å². The van der Waals surface area contributed by atoms with Crippen LogP contribution in [0.2, 0.25) is 0 Å². The van der Waals surface area contributed by atoms with Crippen molar-refractivity contribution in [3.8, 4) is 0 Å². The largest absolute Gasteiger partial charge is 0.393 e. The van der Waals surface area contributed by atoms with Gasteiger partial charge in [0.15, 0.2) is 0 Å². The highest BCUT2D eigenvalue weighted by Gasteiger charge is 2.59. The first kappa shape index (κ1) is 22.9. The normalized spacial score (nSPS) is 45.3. The van der Waals surface area contributed by atoms with Gasteiger partial charge in [0.05, 0.1) is 6.10 Å². The summed E-state index contributed by atoms with van der Waals surface area (Å²) < 4.78 is 0. The number of allylic oxidation sites excluding steroid dienone is 1. The molecule has 0 amide bonds. The van der Waals surface area contributed by atoms with Gasteiger partial charge in [0, 0.05) is 0 Å². The second-order valence-electron chi connectivity index (χ2n) is 13.0. The van der Waals surface area contributed by atoms with Crippen molar-refractivity contribution in [3.05, 3.63) is 11.6 Å². The fourth-order valence-corrected chi connectivity index (χ4v) is 8.91. The van der Waals surface area contributed by atoms with E-state index in [0.29, 0.717) is 10.8 Å². The van der Waals surface area contributed by atoms with Gasteiger partial charge < -0.3 is 5.11 Å². The Morgan fingerprint density at radius 3 is 2.47 bits per heavy atom. The van der Waals surface area contributed by atoms with Gasteiger partial charge in [-0.05, 0) is 104 Å². The Labute approximate surface area is 187 Å². The summed E-state index contributed by atoms with van der Waals surface area (Å²) in [5.74, 6) is 6.28. The summed E-state index contributed by atoms with van der Waals surface area (Å²) in [6.07, 6.45) is 17.2. The van der Waals surface area contributed by atoms with E-state index in [-0.39, 0.29) is 6.10 Å². The number of aliphatic hydroxyl groups is 1. The molecule has 4 aliphatic rings. The second kappa shape index (κ2) is 8.57. The van der Waals surface area contributed by atoms with Crippen LogP contribution in [-0.4, -0.2) is 11.2 Å². The smallest absolute Gasteiger partial charge is 0.0577 e. The molecule has 4 rings (SSSR count). The maximum Gasteiger partial charge on any atom is 0.0577 e. The highest BCUT2D eigenvalue weighted by Crippen LogP contribution is 2.67. The molecular formula is C29H50O. The highest BCUT2D eigenvalue weighted by molar-refractivity contribution is 5.25. The molecular weight excluding hydrogens is 364 g/mol. The molecule has 0 heterocycles. The number of fused-ring (bicyclic) bond motifs is 5. The van der Waals surface area contributed by atoms with Crippen molar-refractivity contribution in [2.24, 2.45) is 52.3 Å². The predicted molar refractivity (Wildman–Crippen MR) is 128 cm³/mol. The second-order valence-corrected chi connectivity index (χ2v) is 13.0. The third-order valence-corrected chi connectivity index (χ3v) is 11.3. The van der Waals surface area contributed by atoms with E-state index >= 15 is 0 Å². The van der Waals surface area contributed by atoms with Gasteiger partial charge in [0.25, 0.3) is 0 Å². The monoisotopic (exact) mass is 414 g/mol. The maximum absolute atomic E-state index is 10.2. The van der Waals surface area contributed by atoms with Gasteiger partial charge in [-0.25, -0.2) is 0 Å². The molecule has 0 saturated heterocycles. The summed E-state index contributed by atoms with van der Waals surface area (Å²) in [6.45, 7) is 15.1. The zero-order chi connectivity index (χ0) is 21.7. The summed E-state index contributed by atoms with van der Waals surface area (Å²) in [5.41, 5.74) is 2.59. The van der Waals surface area contributed by atoms with E-state index in [2.05, 4.69) is 47.6 Å². The van der Waals surface area contributed by atoms with E-state index in [9.17, 15) is 5.11 Å². The van der Waals surface area contributed by atoms with Gasteiger partial charge in [-0.2, -0.15) is 0 Å². The number of aliphatic hydroxyl groups excluding tert-OH is 1. The third kappa shape index (κ3) is 3.84. The van der Waals surface area contributed by atoms with Crippen LogP contribution in [0.15, 0.2) is 11.6 Å². The quantitative estimate of drug-likeness (QED) is 0.436. The van der Waals surface area contributed by atoms with Gasteiger partial charge in [-0.3, -0.25) is 0 Å². The molecule has 4 aliphatic carbocycles. The first-order valence-electron chi connectivity index (χ1n) is 13.5. The van der Waals surface area contributed by atoms with Gasteiger partial charge in [0.2, 0.25) is 0 Å². The van der Waals surface area contributed by atoms with Crippen LogP contribution < -0.4 is 0 Å². The van der Waals surface area contributed by atoms with Crippen LogP contribution >= 0.6 is 0 Å². The number of hydrogen-bond acceptors (Lipinski definition) is 1. The third-order valence-electron chi connectivity index (χ3n) is 11.3. The standard InChI is InChI=1S/C29H50O/c1-19(2)20(3)8-7-9-21(4)25-12-13-26-24-11-10-22-18-23(30)14-16-28(22,5)27(24)15-17-29(25,26)6/h10,19-21,23-27,30H,7-9,11-18H2,1-6H3/t20?,21-,23+,24+,25-,26+,27+,28+,29-/m1/s1. The van der Waals surface area contributed by atoms with E-state index in [1.807, 2.05) is 0 Å². The van der Waals surface area contributed by atoms with E-state index in [0.717, 1.165) is 54.3 Å². The molecule has 1 nitrogen and oxygen atoms in total. The highest BCUT2D eigenvalue weighted by atomic mass is 16.3. The SMILES string of the molecule is CC(C)C(C)CCC[C@@H](C)[C@H]1CC[C@H]2[C@@H]3CC=C4C[C@@H](O)CC[C@]4(C)[C@H]3CC[C@]12C.